The molecule has 0 aliphatic heterocycles. The number of carbonyl (C=O) groups excluding carboxylic acids is 1. The molecule has 0 aliphatic carbocycles. The van der Waals surface area contributed by atoms with Gasteiger partial charge in [0.05, 0.1) is 11.4 Å². The van der Waals surface area contributed by atoms with Gasteiger partial charge in [-0.1, -0.05) is 23.2 Å². The first kappa shape index (κ1) is 15.1. The maximum absolute atomic E-state index is 11.9. The van der Waals surface area contributed by atoms with Crippen molar-refractivity contribution in [3.05, 3.63) is 55.3 Å². The first-order valence-corrected chi connectivity index (χ1v) is 6.46. The fourth-order valence-corrected chi connectivity index (χ4v) is 1.92. The van der Waals surface area contributed by atoms with Gasteiger partial charge in [-0.15, -0.1) is 0 Å². The summed E-state index contributed by atoms with van der Waals surface area (Å²) in [5, 5.41) is 2.73. The molecule has 1 heterocycles. The van der Waals surface area contributed by atoms with Gasteiger partial charge < -0.3 is 11.1 Å². The third-order valence-electron chi connectivity index (χ3n) is 2.57. The number of nitrogens with one attached hydrogen (secondary N) is 2. The quantitative estimate of drug-likeness (QED) is 0.732. The molecule has 0 saturated heterocycles. The van der Waals surface area contributed by atoms with E-state index in [1.54, 1.807) is 12.1 Å². The largest absolute Gasteiger partial charge is 0.397 e. The number of carbonyl (C=O) groups is 1. The number of rotatable bonds is 3. The van der Waals surface area contributed by atoms with E-state index in [0.717, 1.165) is 10.8 Å². The highest BCUT2D eigenvalue weighted by atomic mass is 35.5. The fraction of sp³-hybridized carbons (Fsp3) is 0.0833. The van der Waals surface area contributed by atoms with Crippen LogP contribution in [-0.4, -0.2) is 15.5 Å². The standard InChI is InChI=1S/C12H10Cl2N4O3/c13-6-1-2-8(15)9(3-6)16-10(19)5-18-4-7(14)11(20)17-12(18)21/h1-4H,5,15H2,(H,16,19)(H,17,20,21). The molecular weight excluding hydrogens is 319 g/mol. The number of hydrogen-bond acceptors (Lipinski definition) is 4. The molecule has 1 aromatic heterocycles. The molecule has 110 valence electrons. The normalized spacial score (nSPS) is 10.4. The number of benzene rings is 1. The molecule has 0 unspecified atom stereocenters. The van der Waals surface area contributed by atoms with Crippen molar-refractivity contribution in [2.24, 2.45) is 0 Å². The fourth-order valence-electron chi connectivity index (χ4n) is 1.58. The van der Waals surface area contributed by atoms with Crippen LogP contribution in [0.2, 0.25) is 10.0 Å². The molecule has 0 radical (unpaired) electrons. The van der Waals surface area contributed by atoms with Crippen molar-refractivity contribution >= 4 is 40.5 Å². The Kier molecular flexibility index (Phi) is 4.35. The van der Waals surface area contributed by atoms with E-state index in [1.165, 1.54) is 6.07 Å². The number of amides is 1. The van der Waals surface area contributed by atoms with Crippen molar-refractivity contribution in [3.8, 4) is 0 Å². The number of nitrogens with two attached hydrogens (primary N) is 1. The van der Waals surface area contributed by atoms with Crippen molar-refractivity contribution in [2.75, 3.05) is 11.1 Å². The van der Waals surface area contributed by atoms with Crippen LogP contribution < -0.4 is 22.3 Å². The molecule has 2 rings (SSSR count). The van der Waals surface area contributed by atoms with Gasteiger partial charge in [-0.2, -0.15) is 0 Å². The zero-order chi connectivity index (χ0) is 15.6. The van der Waals surface area contributed by atoms with Crippen molar-refractivity contribution in [3.63, 3.8) is 0 Å². The monoisotopic (exact) mass is 328 g/mol. The van der Waals surface area contributed by atoms with Crippen LogP contribution in [0.25, 0.3) is 0 Å². The van der Waals surface area contributed by atoms with E-state index >= 15 is 0 Å². The van der Waals surface area contributed by atoms with Crippen LogP contribution in [0.5, 0.6) is 0 Å². The van der Waals surface area contributed by atoms with E-state index in [0.29, 0.717) is 16.4 Å². The van der Waals surface area contributed by atoms with Crippen molar-refractivity contribution in [1.82, 2.24) is 9.55 Å². The Labute approximate surface area is 128 Å². The van der Waals surface area contributed by atoms with Gasteiger partial charge in [0.15, 0.2) is 0 Å². The van der Waals surface area contributed by atoms with Crippen LogP contribution in [0.4, 0.5) is 11.4 Å². The zero-order valence-corrected chi connectivity index (χ0v) is 12.0. The zero-order valence-electron chi connectivity index (χ0n) is 10.5. The lowest BCUT2D eigenvalue weighted by Crippen LogP contribution is -2.33. The van der Waals surface area contributed by atoms with Crippen LogP contribution >= 0.6 is 23.2 Å². The van der Waals surface area contributed by atoms with E-state index in [1.807, 2.05) is 4.98 Å². The van der Waals surface area contributed by atoms with E-state index < -0.39 is 17.2 Å². The predicted octanol–water partition coefficient (Wildman–Crippen LogP) is 1.06. The number of anilines is 2. The van der Waals surface area contributed by atoms with Gasteiger partial charge in [-0.25, -0.2) is 4.79 Å². The van der Waals surface area contributed by atoms with Gasteiger partial charge in [0.1, 0.15) is 11.6 Å². The summed E-state index contributed by atoms with van der Waals surface area (Å²) >= 11 is 11.4. The minimum absolute atomic E-state index is 0.190. The van der Waals surface area contributed by atoms with E-state index in [2.05, 4.69) is 5.32 Å². The average Bonchev–Trinajstić information content (AvgIpc) is 2.40. The number of nitrogen functional groups attached to an aromatic ring is 1. The number of aromatic amines is 1. The van der Waals surface area contributed by atoms with Gasteiger partial charge in [-0.3, -0.25) is 19.1 Å². The molecule has 0 saturated carbocycles. The number of nitrogens with zero attached hydrogens (tertiary/aromatic N) is 1. The minimum atomic E-state index is -0.737. The molecule has 1 aromatic carbocycles. The van der Waals surface area contributed by atoms with E-state index in [-0.39, 0.29) is 11.6 Å². The maximum atomic E-state index is 11.9. The second-order valence-corrected chi connectivity index (χ2v) is 4.99. The second-order valence-electron chi connectivity index (χ2n) is 4.14. The van der Waals surface area contributed by atoms with Gasteiger partial charge >= 0.3 is 5.69 Å². The summed E-state index contributed by atoms with van der Waals surface area (Å²) in [5.74, 6) is -0.519. The summed E-state index contributed by atoms with van der Waals surface area (Å²) in [7, 11) is 0. The SMILES string of the molecule is Nc1ccc(Cl)cc1NC(=O)Cn1cc(Cl)c(=O)[nH]c1=O. The van der Waals surface area contributed by atoms with Gasteiger partial charge in [0.2, 0.25) is 5.91 Å². The summed E-state index contributed by atoms with van der Waals surface area (Å²) in [6.45, 7) is -0.332. The van der Waals surface area contributed by atoms with Crippen molar-refractivity contribution in [2.45, 2.75) is 6.54 Å². The lowest BCUT2D eigenvalue weighted by Gasteiger charge is -2.09. The average molecular weight is 329 g/mol. The number of H-pyrrole nitrogens is 1. The molecule has 1 amide bonds. The topological polar surface area (TPSA) is 110 Å². The highest BCUT2D eigenvalue weighted by Gasteiger charge is 2.09. The Morgan fingerprint density at radius 1 is 1.33 bits per heavy atom. The maximum Gasteiger partial charge on any atom is 0.328 e. The van der Waals surface area contributed by atoms with Gasteiger partial charge in [0, 0.05) is 11.2 Å². The molecule has 7 nitrogen and oxygen atoms in total. The van der Waals surface area contributed by atoms with Crippen LogP contribution in [0.3, 0.4) is 0 Å². The summed E-state index contributed by atoms with van der Waals surface area (Å²) < 4.78 is 0.972. The molecule has 0 aliphatic rings. The first-order valence-electron chi connectivity index (χ1n) is 5.71. The smallest absolute Gasteiger partial charge is 0.328 e. The summed E-state index contributed by atoms with van der Waals surface area (Å²) in [6.07, 6.45) is 1.09. The van der Waals surface area contributed by atoms with Crippen molar-refractivity contribution in [1.29, 1.82) is 0 Å². The van der Waals surface area contributed by atoms with E-state index in [4.69, 9.17) is 28.9 Å². The summed E-state index contributed by atoms with van der Waals surface area (Å²) in [4.78, 5) is 36.5. The Bertz CT molecular complexity index is 813. The van der Waals surface area contributed by atoms with Crippen molar-refractivity contribution < 1.29 is 4.79 Å². The number of hydrogen-bond donors (Lipinski definition) is 3. The summed E-state index contributed by atoms with van der Waals surface area (Å²) in [6, 6.07) is 4.61. The molecule has 2 aromatic rings. The Morgan fingerprint density at radius 2 is 2.05 bits per heavy atom. The first-order chi connectivity index (χ1) is 9.86. The molecule has 4 N–H and O–H groups in total. The Balaban J connectivity index is 2.19. The number of halogens is 2. The highest BCUT2D eigenvalue weighted by Crippen LogP contribution is 2.22. The number of aromatic nitrogens is 2. The Morgan fingerprint density at radius 3 is 2.76 bits per heavy atom. The Hall–Kier alpha value is -2.25. The molecule has 9 heteroatoms. The molecule has 21 heavy (non-hydrogen) atoms. The molecule has 0 fully saturated rings. The van der Waals surface area contributed by atoms with Crippen LogP contribution in [-0.2, 0) is 11.3 Å². The molecule has 0 atom stereocenters. The van der Waals surface area contributed by atoms with Crippen LogP contribution in [0.1, 0.15) is 0 Å². The van der Waals surface area contributed by atoms with Gasteiger partial charge in [0.25, 0.3) is 5.56 Å². The highest BCUT2D eigenvalue weighted by molar-refractivity contribution is 6.31. The minimum Gasteiger partial charge on any atom is -0.397 e. The third kappa shape index (κ3) is 3.65. The molecule has 0 spiro atoms. The lowest BCUT2D eigenvalue weighted by molar-refractivity contribution is -0.116. The predicted molar refractivity (Wildman–Crippen MR) is 80.8 cm³/mol. The van der Waals surface area contributed by atoms with Crippen LogP contribution in [0.15, 0.2) is 34.0 Å². The lowest BCUT2D eigenvalue weighted by atomic mass is 10.2. The molecular formula is C12H10Cl2N4O3. The molecule has 0 bridgehead atoms. The third-order valence-corrected chi connectivity index (χ3v) is 3.08. The summed E-state index contributed by atoms with van der Waals surface area (Å²) in [5.41, 5.74) is 4.91. The van der Waals surface area contributed by atoms with Gasteiger partial charge in [-0.05, 0) is 18.2 Å². The van der Waals surface area contributed by atoms with E-state index in [9.17, 15) is 14.4 Å². The van der Waals surface area contributed by atoms with Crippen LogP contribution in [0, 0.1) is 0 Å². The second kappa shape index (κ2) is 6.02.